The van der Waals surface area contributed by atoms with Crippen LogP contribution in [0.15, 0.2) is 48.8 Å². The molecule has 250 valence electrons. The van der Waals surface area contributed by atoms with Gasteiger partial charge in [-0.15, -0.1) is 0 Å². The summed E-state index contributed by atoms with van der Waals surface area (Å²) >= 11 is 0. The van der Waals surface area contributed by atoms with E-state index in [2.05, 4.69) is 4.98 Å². The number of rotatable bonds is 8. The van der Waals surface area contributed by atoms with Crippen molar-refractivity contribution in [3.05, 3.63) is 71.2 Å². The van der Waals surface area contributed by atoms with Crippen molar-refractivity contribution in [2.45, 2.75) is 57.7 Å². The van der Waals surface area contributed by atoms with Crippen LogP contribution in [0.25, 0.3) is 11.3 Å². The summed E-state index contributed by atoms with van der Waals surface area (Å²) in [6.45, 7) is 2.50. The Bertz CT molecular complexity index is 1490. The number of ether oxygens (including phenoxy) is 2. The van der Waals surface area contributed by atoms with Crippen LogP contribution in [0.1, 0.15) is 40.5 Å². The third-order valence-corrected chi connectivity index (χ3v) is 5.99. The van der Waals surface area contributed by atoms with Gasteiger partial charge in [0.2, 0.25) is 0 Å². The van der Waals surface area contributed by atoms with E-state index in [1.54, 1.807) is 17.8 Å². The molecule has 12 nitrogen and oxygen atoms in total. The third-order valence-electron chi connectivity index (χ3n) is 5.99. The number of nitrogens with zero attached hydrogens (tertiary/aromatic N) is 3. The Hall–Kier alpha value is -5.00. The molecule has 1 aromatic carbocycles. The van der Waals surface area contributed by atoms with Crippen LogP contribution in [0.4, 0.5) is 26.3 Å². The molecular formula is C28H28F6N4O8. The van der Waals surface area contributed by atoms with Crippen molar-refractivity contribution in [3.63, 3.8) is 0 Å². The average Bonchev–Trinajstić information content (AvgIpc) is 3.38. The van der Waals surface area contributed by atoms with Crippen LogP contribution in [0.5, 0.6) is 0 Å². The summed E-state index contributed by atoms with van der Waals surface area (Å²) in [6.07, 6.45) is -4.88. The molecule has 1 atom stereocenters. The number of carbonyl (C=O) groups is 4. The van der Waals surface area contributed by atoms with Crippen LogP contribution in [-0.2, 0) is 49.9 Å². The normalized spacial score (nSPS) is 12.5. The van der Waals surface area contributed by atoms with Gasteiger partial charge in [0.15, 0.2) is 0 Å². The molecule has 0 saturated heterocycles. The standard InChI is InChI=1S/C24H26N4O4.2C2HF3O2/c1-2-31-24(30)22-19-9-8-17-14-26-12-10-18(17)21(19)27-28(22)13-11-20(25)23(29)32-15-16-6-4-3-5-7-16;2*3-2(4,5)1(6)7/h3-7,10,12,14,20H,2,8-9,11,13,15,25H2,1H3;2*(H,6,7). The van der Waals surface area contributed by atoms with Gasteiger partial charge in [-0.05, 0) is 43.4 Å². The van der Waals surface area contributed by atoms with Gasteiger partial charge in [0.25, 0.3) is 0 Å². The number of pyridine rings is 1. The molecule has 0 spiro atoms. The molecule has 0 aliphatic heterocycles. The molecule has 0 fully saturated rings. The van der Waals surface area contributed by atoms with E-state index < -0.39 is 42.3 Å². The summed E-state index contributed by atoms with van der Waals surface area (Å²) < 4.78 is 75.7. The smallest absolute Gasteiger partial charge is 0.475 e. The minimum atomic E-state index is -5.08. The fourth-order valence-corrected chi connectivity index (χ4v) is 3.87. The molecule has 1 aliphatic rings. The second-order valence-electron chi connectivity index (χ2n) is 9.25. The van der Waals surface area contributed by atoms with Gasteiger partial charge in [0.05, 0.1) is 12.3 Å². The number of halogens is 6. The Morgan fingerprint density at radius 2 is 1.54 bits per heavy atom. The zero-order valence-electron chi connectivity index (χ0n) is 24.0. The maximum absolute atomic E-state index is 12.7. The lowest BCUT2D eigenvalue weighted by atomic mass is 9.90. The Balaban J connectivity index is 0.000000440. The molecule has 0 radical (unpaired) electrons. The van der Waals surface area contributed by atoms with E-state index in [9.17, 15) is 35.9 Å². The highest BCUT2D eigenvalue weighted by Gasteiger charge is 2.39. The molecule has 18 heteroatoms. The number of aliphatic carboxylic acids is 2. The van der Waals surface area contributed by atoms with Gasteiger partial charge in [0.1, 0.15) is 18.3 Å². The van der Waals surface area contributed by atoms with Crippen molar-refractivity contribution < 1.29 is 65.2 Å². The number of aryl methyl sites for hydroxylation is 2. The number of aromatic nitrogens is 3. The molecule has 0 amide bonds. The summed E-state index contributed by atoms with van der Waals surface area (Å²) in [5, 5.41) is 19.0. The van der Waals surface area contributed by atoms with Gasteiger partial charge in [0, 0.05) is 30.1 Å². The molecule has 2 heterocycles. The zero-order valence-corrected chi connectivity index (χ0v) is 24.0. The summed E-state index contributed by atoms with van der Waals surface area (Å²) in [5.74, 6) is -6.42. The largest absolute Gasteiger partial charge is 0.490 e. The predicted octanol–water partition coefficient (Wildman–Crippen LogP) is 3.95. The van der Waals surface area contributed by atoms with Crippen molar-refractivity contribution in [3.8, 4) is 11.3 Å². The first-order chi connectivity index (χ1) is 21.5. The summed E-state index contributed by atoms with van der Waals surface area (Å²) in [5.41, 5.74) is 11.1. The number of nitrogens with two attached hydrogens (primary N) is 1. The number of hydrogen-bond donors (Lipinski definition) is 3. The summed E-state index contributed by atoms with van der Waals surface area (Å²) in [6, 6.07) is 10.5. The number of benzene rings is 1. The first-order valence-corrected chi connectivity index (χ1v) is 13.2. The number of carboxylic acids is 2. The fraction of sp³-hybridized carbons (Fsp3) is 0.357. The molecule has 4 rings (SSSR count). The number of fused-ring (bicyclic) bond motifs is 3. The van der Waals surface area contributed by atoms with E-state index in [1.807, 2.05) is 42.6 Å². The lowest BCUT2D eigenvalue weighted by Crippen LogP contribution is -2.33. The molecule has 3 aromatic rings. The van der Waals surface area contributed by atoms with Crippen LogP contribution >= 0.6 is 0 Å². The molecule has 1 unspecified atom stereocenters. The van der Waals surface area contributed by atoms with E-state index in [0.717, 1.165) is 34.4 Å². The van der Waals surface area contributed by atoms with Crippen LogP contribution in [0.2, 0.25) is 0 Å². The van der Waals surface area contributed by atoms with Crippen LogP contribution in [-0.4, -0.2) is 73.9 Å². The predicted molar refractivity (Wildman–Crippen MR) is 145 cm³/mol. The lowest BCUT2D eigenvalue weighted by molar-refractivity contribution is -0.193. The number of hydrogen-bond acceptors (Lipinski definition) is 9. The first kappa shape index (κ1) is 37.2. The highest BCUT2D eigenvalue weighted by molar-refractivity contribution is 5.92. The van der Waals surface area contributed by atoms with Gasteiger partial charge < -0.3 is 25.4 Å². The minimum Gasteiger partial charge on any atom is -0.475 e. The highest BCUT2D eigenvalue weighted by atomic mass is 19.4. The van der Waals surface area contributed by atoms with Crippen molar-refractivity contribution in [1.82, 2.24) is 14.8 Å². The quantitative estimate of drug-likeness (QED) is 0.235. The maximum Gasteiger partial charge on any atom is 0.490 e. The van der Waals surface area contributed by atoms with Gasteiger partial charge in [-0.3, -0.25) is 14.5 Å². The second-order valence-corrected chi connectivity index (χ2v) is 9.25. The number of carboxylic acid groups (broad SMARTS) is 2. The summed E-state index contributed by atoms with van der Waals surface area (Å²) in [7, 11) is 0. The molecule has 0 bridgehead atoms. The fourth-order valence-electron chi connectivity index (χ4n) is 3.87. The monoisotopic (exact) mass is 662 g/mol. The molecule has 2 aromatic heterocycles. The Morgan fingerprint density at radius 3 is 2.09 bits per heavy atom. The van der Waals surface area contributed by atoms with Crippen molar-refractivity contribution in [2.75, 3.05) is 6.61 Å². The average molecular weight is 663 g/mol. The Labute approximate surface area is 256 Å². The van der Waals surface area contributed by atoms with E-state index in [-0.39, 0.29) is 19.6 Å². The second kappa shape index (κ2) is 16.4. The zero-order chi connectivity index (χ0) is 34.7. The van der Waals surface area contributed by atoms with E-state index in [4.69, 9.17) is 40.1 Å². The minimum absolute atomic E-state index is 0.169. The van der Waals surface area contributed by atoms with E-state index >= 15 is 0 Å². The van der Waals surface area contributed by atoms with Crippen molar-refractivity contribution >= 4 is 23.9 Å². The molecule has 4 N–H and O–H groups in total. The topological polar surface area (TPSA) is 184 Å². The van der Waals surface area contributed by atoms with Crippen LogP contribution < -0.4 is 5.73 Å². The third kappa shape index (κ3) is 10.9. The van der Waals surface area contributed by atoms with Gasteiger partial charge in [-0.2, -0.15) is 31.4 Å². The molecule has 46 heavy (non-hydrogen) atoms. The highest BCUT2D eigenvalue weighted by Crippen LogP contribution is 2.34. The van der Waals surface area contributed by atoms with E-state index in [0.29, 0.717) is 18.7 Å². The Kier molecular flexibility index (Phi) is 13.2. The number of esters is 2. The first-order valence-electron chi connectivity index (χ1n) is 13.2. The maximum atomic E-state index is 12.7. The number of alkyl halides is 6. The van der Waals surface area contributed by atoms with Crippen LogP contribution in [0.3, 0.4) is 0 Å². The van der Waals surface area contributed by atoms with E-state index in [1.165, 1.54) is 0 Å². The molecule has 0 saturated carbocycles. The Morgan fingerprint density at radius 1 is 0.957 bits per heavy atom. The molecule has 1 aliphatic carbocycles. The van der Waals surface area contributed by atoms with Crippen molar-refractivity contribution in [2.24, 2.45) is 5.73 Å². The lowest BCUT2D eigenvalue weighted by Gasteiger charge is -2.15. The van der Waals surface area contributed by atoms with Crippen LogP contribution in [0, 0.1) is 0 Å². The van der Waals surface area contributed by atoms with Gasteiger partial charge in [-0.25, -0.2) is 14.4 Å². The van der Waals surface area contributed by atoms with Crippen molar-refractivity contribution in [1.29, 1.82) is 0 Å². The van der Waals surface area contributed by atoms with Gasteiger partial charge >= 0.3 is 36.2 Å². The number of carbonyl (C=O) groups excluding carboxylic acids is 2. The van der Waals surface area contributed by atoms with Gasteiger partial charge in [-0.1, -0.05) is 30.3 Å². The molecular weight excluding hydrogens is 634 g/mol. The SMILES string of the molecule is CCOC(=O)c1c2c(nn1CCC(N)C(=O)OCc1ccccc1)-c1ccncc1CC2.O=C(O)C(F)(F)F.O=C(O)C(F)(F)F. The summed E-state index contributed by atoms with van der Waals surface area (Å²) in [4.78, 5) is 47.1.